The first-order valence-corrected chi connectivity index (χ1v) is 6.25. The summed E-state index contributed by atoms with van der Waals surface area (Å²) in [6.45, 7) is 2.30. The van der Waals surface area contributed by atoms with E-state index in [0.29, 0.717) is 5.92 Å². The highest BCUT2D eigenvalue weighted by atomic mass is 16.3. The molecule has 0 aliphatic carbocycles. The Hall–Kier alpha value is -1.13. The van der Waals surface area contributed by atoms with Crippen molar-refractivity contribution in [3.63, 3.8) is 0 Å². The smallest absolute Gasteiger partial charge is 0.128 e. The van der Waals surface area contributed by atoms with Crippen molar-refractivity contribution in [2.45, 2.75) is 25.9 Å². The Morgan fingerprint density at radius 3 is 3.06 bits per heavy atom. The highest BCUT2D eigenvalue weighted by molar-refractivity contribution is 5.41. The Kier molecular flexibility index (Phi) is 4.34. The Morgan fingerprint density at radius 1 is 1.41 bits per heavy atom. The molecule has 1 aromatic heterocycles. The van der Waals surface area contributed by atoms with Crippen LogP contribution in [0.1, 0.15) is 24.8 Å². The minimum absolute atomic E-state index is 0.0590. The van der Waals surface area contributed by atoms with Crippen LogP contribution in [-0.4, -0.2) is 34.9 Å². The minimum atomic E-state index is 0.0590. The molecule has 94 valence electrons. The van der Waals surface area contributed by atoms with Gasteiger partial charge < -0.3 is 15.1 Å². The molecular formula is C13H20N2O2. The van der Waals surface area contributed by atoms with E-state index in [9.17, 15) is 0 Å². The van der Waals surface area contributed by atoms with Gasteiger partial charge >= 0.3 is 0 Å². The highest BCUT2D eigenvalue weighted by Gasteiger charge is 2.20. The number of aliphatic hydroxyl groups excluding tert-OH is 2. The highest BCUT2D eigenvalue weighted by Crippen LogP contribution is 2.23. The van der Waals surface area contributed by atoms with Crippen LogP contribution >= 0.6 is 0 Å². The Balaban J connectivity index is 2.05. The molecule has 0 spiro atoms. The summed E-state index contributed by atoms with van der Waals surface area (Å²) in [5.74, 6) is 1.51. The molecule has 4 heteroatoms. The summed E-state index contributed by atoms with van der Waals surface area (Å²) < 4.78 is 0. The van der Waals surface area contributed by atoms with Crippen molar-refractivity contribution >= 4 is 5.82 Å². The molecule has 0 aromatic carbocycles. The normalized spacial score (nSPS) is 20.6. The number of nitrogens with zero attached hydrogens (tertiary/aromatic N) is 2. The summed E-state index contributed by atoms with van der Waals surface area (Å²) in [6.07, 6.45) is 4.96. The van der Waals surface area contributed by atoms with E-state index >= 15 is 0 Å². The van der Waals surface area contributed by atoms with Crippen molar-refractivity contribution in [1.82, 2.24) is 4.98 Å². The van der Waals surface area contributed by atoms with Crippen LogP contribution in [0, 0.1) is 5.92 Å². The first-order valence-electron chi connectivity index (χ1n) is 6.25. The molecule has 0 saturated carbocycles. The summed E-state index contributed by atoms with van der Waals surface area (Å²) in [7, 11) is 0. The van der Waals surface area contributed by atoms with Crippen molar-refractivity contribution in [3.8, 4) is 0 Å². The van der Waals surface area contributed by atoms with E-state index in [0.717, 1.165) is 37.3 Å². The molecule has 0 bridgehead atoms. The van der Waals surface area contributed by atoms with E-state index in [4.69, 9.17) is 10.2 Å². The predicted molar refractivity (Wildman–Crippen MR) is 66.8 cm³/mol. The van der Waals surface area contributed by atoms with Crippen molar-refractivity contribution < 1.29 is 10.2 Å². The second kappa shape index (κ2) is 5.98. The number of hydrogen-bond acceptors (Lipinski definition) is 4. The Morgan fingerprint density at radius 2 is 2.29 bits per heavy atom. The fourth-order valence-electron chi connectivity index (χ4n) is 2.42. The van der Waals surface area contributed by atoms with Gasteiger partial charge in [-0.15, -0.1) is 0 Å². The third-order valence-electron chi connectivity index (χ3n) is 3.37. The molecule has 17 heavy (non-hydrogen) atoms. The van der Waals surface area contributed by atoms with Gasteiger partial charge in [0.15, 0.2) is 0 Å². The summed E-state index contributed by atoms with van der Waals surface area (Å²) in [5, 5.41) is 18.1. The zero-order chi connectivity index (χ0) is 12.1. The van der Waals surface area contributed by atoms with Gasteiger partial charge in [-0.3, -0.25) is 0 Å². The van der Waals surface area contributed by atoms with Gasteiger partial charge in [-0.1, -0.05) is 0 Å². The second-order valence-corrected chi connectivity index (χ2v) is 4.65. The predicted octanol–water partition coefficient (Wildman–Crippen LogP) is 1.17. The van der Waals surface area contributed by atoms with E-state index in [2.05, 4.69) is 9.88 Å². The van der Waals surface area contributed by atoms with Gasteiger partial charge in [0.05, 0.1) is 6.61 Å². The fraction of sp³-hybridized carbons (Fsp3) is 0.615. The molecule has 2 rings (SSSR count). The monoisotopic (exact) mass is 236 g/mol. The van der Waals surface area contributed by atoms with Gasteiger partial charge in [0.25, 0.3) is 0 Å². The maximum atomic E-state index is 9.12. The number of hydrogen-bond donors (Lipinski definition) is 2. The first-order chi connectivity index (χ1) is 8.33. The lowest BCUT2D eigenvalue weighted by molar-refractivity contribution is 0.244. The number of anilines is 1. The lowest BCUT2D eigenvalue weighted by Crippen LogP contribution is -2.36. The van der Waals surface area contributed by atoms with Gasteiger partial charge in [0.1, 0.15) is 5.82 Å². The fourth-order valence-corrected chi connectivity index (χ4v) is 2.42. The summed E-state index contributed by atoms with van der Waals surface area (Å²) in [6, 6.07) is 3.78. The van der Waals surface area contributed by atoms with Crippen LogP contribution in [0.4, 0.5) is 5.82 Å². The van der Waals surface area contributed by atoms with E-state index in [1.54, 1.807) is 6.20 Å². The van der Waals surface area contributed by atoms with Crippen molar-refractivity contribution in [1.29, 1.82) is 0 Å². The average Bonchev–Trinajstić information content (AvgIpc) is 2.40. The van der Waals surface area contributed by atoms with Crippen LogP contribution in [-0.2, 0) is 6.61 Å². The van der Waals surface area contributed by atoms with Crippen molar-refractivity contribution in [2.24, 2.45) is 5.92 Å². The minimum Gasteiger partial charge on any atom is -0.396 e. The second-order valence-electron chi connectivity index (χ2n) is 4.65. The van der Waals surface area contributed by atoms with Crippen molar-refractivity contribution in [3.05, 3.63) is 23.9 Å². The zero-order valence-electron chi connectivity index (χ0n) is 10.0. The van der Waals surface area contributed by atoms with Gasteiger partial charge in [-0.25, -0.2) is 4.98 Å². The molecule has 2 N–H and O–H groups in total. The maximum absolute atomic E-state index is 9.12. The van der Waals surface area contributed by atoms with Crippen LogP contribution in [0.2, 0.25) is 0 Å². The lowest BCUT2D eigenvalue weighted by atomic mass is 9.95. The van der Waals surface area contributed by atoms with Gasteiger partial charge in [0.2, 0.25) is 0 Å². The lowest BCUT2D eigenvalue weighted by Gasteiger charge is -2.33. The number of pyridine rings is 1. The van der Waals surface area contributed by atoms with Gasteiger partial charge in [-0.2, -0.15) is 0 Å². The number of aliphatic hydroxyl groups is 2. The third-order valence-corrected chi connectivity index (χ3v) is 3.37. The largest absolute Gasteiger partial charge is 0.396 e. The van der Waals surface area contributed by atoms with Crippen LogP contribution < -0.4 is 4.90 Å². The van der Waals surface area contributed by atoms with Gasteiger partial charge in [-0.05, 0) is 42.9 Å². The standard InChI is InChI=1S/C13H20N2O2/c16-7-4-11-2-1-6-15(9-11)13-8-12(10-17)3-5-14-13/h3,5,8,11,16-17H,1-2,4,6-7,9-10H2. The molecule has 1 saturated heterocycles. The molecule has 2 heterocycles. The molecule has 1 fully saturated rings. The molecule has 1 aliphatic rings. The SMILES string of the molecule is OCCC1CCCN(c2cc(CO)ccn2)C1. The molecule has 1 aliphatic heterocycles. The zero-order valence-corrected chi connectivity index (χ0v) is 10.0. The van der Waals surface area contributed by atoms with Crippen molar-refractivity contribution in [2.75, 3.05) is 24.6 Å². The maximum Gasteiger partial charge on any atom is 0.128 e. The number of aromatic nitrogens is 1. The van der Waals surface area contributed by atoms with E-state index in [-0.39, 0.29) is 13.2 Å². The average molecular weight is 236 g/mol. The van der Waals surface area contributed by atoms with Crippen LogP contribution in [0.15, 0.2) is 18.3 Å². The summed E-state index contributed by atoms with van der Waals surface area (Å²) in [4.78, 5) is 6.61. The van der Waals surface area contributed by atoms with E-state index < -0.39 is 0 Å². The quantitative estimate of drug-likeness (QED) is 0.824. The Labute approximate surface area is 102 Å². The summed E-state index contributed by atoms with van der Waals surface area (Å²) in [5.41, 5.74) is 0.902. The number of piperidine rings is 1. The molecule has 4 nitrogen and oxygen atoms in total. The molecular weight excluding hydrogens is 216 g/mol. The third kappa shape index (κ3) is 3.17. The molecule has 1 atom stereocenters. The number of rotatable bonds is 4. The van der Waals surface area contributed by atoms with Crippen LogP contribution in [0.25, 0.3) is 0 Å². The molecule has 1 unspecified atom stereocenters. The topological polar surface area (TPSA) is 56.6 Å². The van der Waals surface area contributed by atoms with E-state index in [1.807, 2.05) is 12.1 Å². The van der Waals surface area contributed by atoms with E-state index in [1.165, 1.54) is 6.42 Å². The van der Waals surface area contributed by atoms with Crippen LogP contribution in [0.5, 0.6) is 0 Å². The molecule has 0 radical (unpaired) electrons. The van der Waals surface area contributed by atoms with Crippen LogP contribution in [0.3, 0.4) is 0 Å². The first kappa shape index (κ1) is 12.3. The Bertz CT molecular complexity index is 355. The molecule has 0 amide bonds. The summed E-state index contributed by atoms with van der Waals surface area (Å²) >= 11 is 0. The molecule has 1 aromatic rings. The van der Waals surface area contributed by atoms with Gasteiger partial charge in [0, 0.05) is 25.9 Å².